The Morgan fingerprint density at radius 3 is 2.33 bits per heavy atom. The van der Waals surface area contributed by atoms with E-state index in [1.807, 2.05) is 20.8 Å². The molecule has 2 unspecified atom stereocenters. The molecule has 2 atom stereocenters. The first kappa shape index (κ1) is 16.3. The van der Waals surface area contributed by atoms with Crippen LogP contribution in [0.3, 0.4) is 0 Å². The van der Waals surface area contributed by atoms with E-state index >= 15 is 0 Å². The zero-order valence-electron chi connectivity index (χ0n) is 13.3. The number of carbonyl (C=O) groups is 2. The first-order chi connectivity index (χ1) is 9.85. The van der Waals surface area contributed by atoms with Gasteiger partial charge in [0.15, 0.2) is 0 Å². The van der Waals surface area contributed by atoms with Gasteiger partial charge in [-0.1, -0.05) is 33.1 Å². The smallest absolute Gasteiger partial charge is 0.330 e. The van der Waals surface area contributed by atoms with Crippen molar-refractivity contribution in [3.8, 4) is 0 Å². The quantitative estimate of drug-likeness (QED) is 0.816. The Morgan fingerprint density at radius 2 is 1.86 bits per heavy atom. The van der Waals surface area contributed by atoms with E-state index in [0.717, 1.165) is 25.7 Å². The topological polar surface area (TPSA) is 75.6 Å². The third-order valence-corrected chi connectivity index (χ3v) is 5.44. The summed E-state index contributed by atoms with van der Waals surface area (Å²) in [5.74, 6) is -1.08. The molecule has 2 aliphatic carbocycles. The highest BCUT2D eigenvalue weighted by Crippen LogP contribution is 2.51. The molecule has 2 fully saturated rings. The van der Waals surface area contributed by atoms with Gasteiger partial charge in [-0.3, -0.25) is 4.79 Å². The van der Waals surface area contributed by atoms with Crippen molar-refractivity contribution in [2.24, 2.45) is 11.3 Å². The molecular weight excluding hydrogens is 270 g/mol. The summed E-state index contributed by atoms with van der Waals surface area (Å²) in [5, 5.41) is 12.5. The highest BCUT2D eigenvalue weighted by atomic mass is 16.5. The van der Waals surface area contributed by atoms with E-state index in [2.05, 4.69) is 5.32 Å². The summed E-state index contributed by atoms with van der Waals surface area (Å²) in [6, 6.07) is 0. The average Bonchev–Trinajstić information content (AvgIpc) is 2.46. The van der Waals surface area contributed by atoms with Gasteiger partial charge in [0.05, 0.1) is 6.10 Å². The predicted molar refractivity (Wildman–Crippen MR) is 78.9 cm³/mol. The lowest BCUT2D eigenvalue weighted by atomic mass is 9.54. The maximum atomic E-state index is 12.4. The van der Waals surface area contributed by atoms with Crippen LogP contribution in [0, 0.1) is 11.3 Å². The second-order valence-electron chi connectivity index (χ2n) is 6.90. The number of rotatable bonds is 5. The Labute approximate surface area is 126 Å². The second kappa shape index (κ2) is 5.95. The molecule has 120 valence electrons. The molecule has 21 heavy (non-hydrogen) atoms. The molecule has 0 spiro atoms. The van der Waals surface area contributed by atoms with Gasteiger partial charge in [0.25, 0.3) is 0 Å². The van der Waals surface area contributed by atoms with Crippen molar-refractivity contribution in [1.29, 1.82) is 0 Å². The molecule has 2 saturated carbocycles. The Kier molecular flexibility index (Phi) is 4.61. The van der Waals surface area contributed by atoms with Gasteiger partial charge >= 0.3 is 5.97 Å². The van der Waals surface area contributed by atoms with E-state index < -0.39 is 16.9 Å². The van der Waals surface area contributed by atoms with Crippen LogP contribution in [0.15, 0.2) is 0 Å². The number of amides is 1. The van der Waals surface area contributed by atoms with Gasteiger partial charge in [-0.05, 0) is 19.8 Å². The van der Waals surface area contributed by atoms with E-state index in [4.69, 9.17) is 4.74 Å². The molecule has 2 N–H and O–H groups in total. The number of ether oxygens (including phenoxy) is 1. The van der Waals surface area contributed by atoms with Crippen molar-refractivity contribution in [2.75, 3.05) is 6.61 Å². The number of hydrogen-bond acceptors (Lipinski definition) is 3. The van der Waals surface area contributed by atoms with Gasteiger partial charge in [0.2, 0.25) is 5.91 Å². The highest BCUT2D eigenvalue weighted by molar-refractivity contribution is 5.90. The number of carboxylic acids is 1. The monoisotopic (exact) mass is 297 g/mol. The Bertz CT molecular complexity index is 415. The Morgan fingerprint density at radius 1 is 1.24 bits per heavy atom. The van der Waals surface area contributed by atoms with Crippen molar-refractivity contribution in [1.82, 2.24) is 5.32 Å². The third kappa shape index (κ3) is 2.68. The molecule has 0 heterocycles. The first-order valence-electron chi connectivity index (χ1n) is 8.02. The van der Waals surface area contributed by atoms with Gasteiger partial charge in [-0.25, -0.2) is 4.79 Å². The zero-order valence-corrected chi connectivity index (χ0v) is 13.3. The van der Waals surface area contributed by atoms with E-state index in [-0.39, 0.29) is 17.9 Å². The molecule has 5 heteroatoms. The lowest BCUT2D eigenvalue weighted by Gasteiger charge is -2.58. The fraction of sp³-hybridized carbons (Fsp3) is 0.875. The molecule has 2 rings (SSSR count). The van der Waals surface area contributed by atoms with E-state index in [1.54, 1.807) is 0 Å². The van der Waals surface area contributed by atoms with Crippen molar-refractivity contribution >= 4 is 11.9 Å². The predicted octanol–water partition coefficient (Wildman–Crippen LogP) is 2.34. The molecule has 0 aromatic heterocycles. The average molecular weight is 297 g/mol. The Hall–Kier alpha value is -1.10. The minimum Gasteiger partial charge on any atom is -0.479 e. The fourth-order valence-electron chi connectivity index (χ4n) is 3.71. The number of carbonyl (C=O) groups excluding carboxylic acids is 1. The number of nitrogens with one attached hydrogen (secondary N) is 1. The summed E-state index contributed by atoms with van der Waals surface area (Å²) in [4.78, 5) is 24.3. The summed E-state index contributed by atoms with van der Waals surface area (Å²) in [7, 11) is 0. The van der Waals surface area contributed by atoms with Crippen molar-refractivity contribution in [2.45, 2.75) is 70.9 Å². The second-order valence-corrected chi connectivity index (χ2v) is 6.90. The van der Waals surface area contributed by atoms with Crippen LogP contribution in [0.2, 0.25) is 0 Å². The van der Waals surface area contributed by atoms with Crippen LogP contribution in [-0.2, 0) is 14.3 Å². The van der Waals surface area contributed by atoms with Gasteiger partial charge in [0.1, 0.15) is 5.54 Å². The lowest BCUT2D eigenvalue weighted by molar-refractivity contribution is -0.195. The molecule has 0 saturated heterocycles. The van der Waals surface area contributed by atoms with Crippen LogP contribution in [0.4, 0.5) is 0 Å². The molecule has 0 radical (unpaired) electrons. The summed E-state index contributed by atoms with van der Waals surface area (Å²) < 4.78 is 5.61. The molecule has 0 aliphatic heterocycles. The summed E-state index contributed by atoms with van der Waals surface area (Å²) in [6.07, 6.45) is 5.26. The largest absolute Gasteiger partial charge is 0.479 e. The van der Waals surface area contributed by atoms with Gasteiger partial charge in [-0.15, -0.1) is 0 Å². The van der Waals surface area contributed by atoms with E-state index in [9.17, 15) is 14.7 Å². The number of carboxylic acid groups (broad SMARTS) is 1. The van der Waals surface area contributed by atoms with Gasteiger partial charge < -0.3 is 15.2 Å². The summed E-state index contributed by atoms with van der Waals surface area (Å²) in [6.45, 7) is 6.19. The molecule has 0 aromatic carbocycles. The summed E-state index contributed by atoms with van der Waals surface area (Å²) in [5.41, 5.74) is -1.79. The van der Waals surface area contributed by atoms with Crippen LogP contribution < -0.4 is 5.32 Å². The van der Waals surface area contributed by atoms with Crippen LogP contribution in [0.5, 0.6) is 0 Å². The number of aliphatic carboxylic acids is 1. The molecule has 0 bridgehead atoms. The minimum absolute atomic E-state index is 0.0306. The molecular formula is C16H27NO4. The maximum Gasteiger partial charge on any atom is 0.330 e. The first-order valence-corrected chi connectivity index (χ1v) is 8.02. The SMILES string of the molecule is CCOC1CC(NC(=O)C2CCCCC2)(C(=O)O)C1(C)C. The van der Waals surface area contributed by atoms with E-state index in [1.165, 1.54) is 6.42 Å². The van der Waals surface area contributed by atoms with E-state index in [0.29, 0.717) is 13.0 Å². The van der Waals surface area contributed by atoms with Crippen molar-refractivity contribution < 1.29 is 19.4 Å². The molecule has 2 aliphatic rings. The van der Waals surface area contributed by atoms with Crippen LogP contribution >= 0.6 is 0 Å². The maximum absolute atomic E-state index is 12.4. The van der Waals surface area contributed by atoms with Gasteiger partial charge in [-0.2, -0.15) is 0 Å². The fourth-order valence-corrected chi connectivity index (χ4v) is 3.71. The lowest BCUT2D eigenvalue weighted by Crippen LogP contribution is -2.76. The Balaban J connectivity index is 2.10. The van der Waals surface area contributed by atoms with Crippen LogP contribution in [0.1, 0.15) is 59.3 Å². The van der Waals surface area contributed by atoms with Crippen molar-refractivity contribution in [3.63, 3.8) is 0 Å². The molecule has 0 aromatic rings. The van der Waals surface area contributed by atoms with Crippen LogP contribution in [-0.4, -0.2) is 35.2 Å². The summed E-state index contributed by atoms with van der Waals surface area (Å²) >= 11 is 0. The molecule has 1 amide bonds. The highest BCUT2D eigenvalue weighted by Gasteiger charge is 2.66. The third-order valence-electron chi connectivity index (χ3n) is 5.44. The minimum atomic E-state index is -1.19. The standard InChI is InChI=1S/C16H27NO4/c1-4-21-12-10-16(14(19)20,15(12,2)3)17-13(18)11-8-6-5-7-9-11/h11-12H,4-10H2,1-3H3,(H,17,18)(H,19,20). The molecule has 5 nitrogen and oxygen atoms in total. The van der Waals surface area contributed by atoms with Gasteiger partial charge in [0, 0.05) is 24.4 Å². The van der Waals surface area contributed by atoms with Crippen molar-refractivity contribution in [3.05, 3.63) is 0 Å². The zero-order chi connectivity index (χ0) is 15.7. The number of hydrogen-bond donors (Lipinski definition) is 2. The van der Waals surface area contributed by atoms with Crippen LogP contribution in [0.25, 0.3) is 0 Å². The normalized spacial score (nSPS) is 32.2.